The molecule has 0 fully saturated rings. The Balaban J connectivity index is 2.14. The summed E-state index contributed by atoms with van der Waals surface area (Å²) < 4.78 is 29.6. The summed E-state index contributed by atoms with van der Waals surface area (Å²) in [7, 11) is -3.74. The summed E-state index contributed by atoms with van der Waals surface area (Å²) in [5.41, 5.74) is 6.22. The van der Waals surface area contributed by atoms with Gasteiger partial charge in [0, 0.05) is 29.1 Å². The van der Waals surface area contributed by atoms with Crippen LogP contribution in [-0.4, -0.2) is 34.5 Å². The lowest BCUT2D eigenvalue weighted by atomic mass is 10.1. The molecule has 0 saturated heterocycles. The van der Waals surface area contributed by atoms with Crippen LogP contribution in [0.3, 0.4) is 0 Å². The molecule has 26 heavy (non-hydrogen) atoms. The number of hydrogen-bond donors (Lipinski definition) is 2. The molecule has 0 atom stereocenters. The maximum Gasteiger partial charge on any atom is 0.254 e. The maximum absolute atomic E-state index is 12.8. The first kappa shape index (κ1) is 18.0. The molecule has 2 heterocycles. The van der Waals surface area contributed by atoms with Crippen molar-refractivity contribution in [3.05, 3.63) is 48.4 Å². The average Bonchev–Trinajstić information content (AvgIpc) is 2.96. The van der Waals surface area contributed by atoms with Gasteiger partial charge in [0.1, 0.15) is 5.56 Å². The van der Waals surface area contributed by atoms with E-state index in [-0.39, 0.29) is 10.5 Å². The van der Waals surface area contributed by atoms with E-state index in [1.165, 1.54) is 23.0 Å². The standard InChI is InChI=1S/C17H19N5O3S/c1-17(2,3)21-26(24,25)14-7-5-4-6-12(14)11-8-19-16-13(15(18)23)9-20-22(16)10-11/h4-10,21H,1-3H3,(H2,18,23). The summed E-state index contributed by atoms with van der Waals surface area (Å²) >= 11 is 0. The minimum absolute atomic E-state index is 0.137. The second kappa shape index (κ2) is 6.19. The number of aromatic nitrogens is 3. The zero-order valence-electron chi connectivity index (χ0n) is 14.6. The zero-order chi connectivity index (χ0) is 19.1. The number of benzene rings is 1. The fraction of sp³-hybridized carbons (Fsp3) is 0.235. The lowest BCUT2D eigenvalue weighted by Gasteiger charge is -2.21. The number of rotatable bonds is 4. The van der Waals surface area contributed by atoms with Crippen LogP contribution in [0.5, 0.6) is 0 Å². The lowest BCUT2D eigenvalue weighted by molar-refractivity contribution is 0.100. The molecule has 0 bridgehead atoms. The highest BCUT2D eigenvalue weighted by atomic mass is 32.2. The third-order valence-electron chi connectivity index (χ3n) is 3.55. The van der Waals surface area contributed by atoms with Gasteiger partial charge in [0.25, 0.3) is 5.91 Å². The van der Waals surface area contributed by atoms with Crippen LogP contribution in [0.25, 0.3) is 16.8 Å². The van der Waals surface area contributed by atoms with E-state index in [4.69, 9.17) is 5.73 Å². The molecule has 0 radical (unpaired) electrons. The van der Waals surface area contributed by atoms with Crippen molar-refractivity contribution in [1.29, 1.82) is 0 Å². The van der Waals surface area contributed by atoms with Crippen molar-refractivity contribution >= 4 is 21.6 Å². The fourth-order valence-corrected chi connectivity index (χ4v) is 4.23. The Hall–Kier alpha value is -2.78. The van der Waals surface area contributed by atoms with Gasteiger partial charge in [0.2, 0.25) is 10.0 Å². The van der Waals surface area contributed by atoms with E-state index < -0.39 is 21.5 Å². The zero-order valence-corrected chi connectivity index (χ0v) is 15.4. The van der Waals surface area contributed by atoms with Crippen LogP contribution >= 0.6 is 0 Å². The van der Waals surface area contributed by atoms with Gasteiger partial charge in [-0.25, -0.2) is 22.6 Å². The van der Waals surface area contributed by atoms with Gasteiger partial charge >= 0.3 is 0 Å². The molecule has 1 aromatic carbocycles. The molecule has 0 aliphatic carbocycles. The molecule has 3 aromatic rings. The Kier molecular flexibility index (Phi) is 4.29. The van der Waals surface area contributed by atoms with Crippen molar-refractivity contribution < 1.29 is 13.2 Å². The van der Waals surface area contributed by atoms with Crippen LogP contribution in [0.2, 0.25) is 0 Å². The molecule has 0 aliphatic rings. The van der Waals surface area contributed by atoms with E-state index in [9.17, 15) is 13.2 Å². The van der Waals surface area contributed by atoms with Crippen molar-refractivity contribution in [2.75, 3.05) is 0 Å². The number of fused-ring (bicyclic) bond motifs is 1. The number of nitrogens with one attached hydrogen (secondary N) is 1. The third kappa shape index (κ3) is 3.44. The third-order valence-corrected chi connectivity index (χ3v) is 5.37. The summed E-state index contributed by atoms with van der Waals surface area (Å²) in [6.45, 7) is 5.32. The van der Waals surface area contributed by atoms with Crippen molar-refractivity contribution in [1.82, 2.24) is 19.3 Å². The number of nitrogens with zero attached hydrogens (tertiary/aromatic N) is 3. The topological polar surface area (TPSA) is 119 Å². The number of carbonyl (C=O) groups excluding carboxylic acids is 1. The minimum Gasteiger partial charge on any atom is -0.365 e. The van der Waals surface area contributed by atoms with E-state index in [0.29, 0.717) is 16.8 Å². The maximum atomic E-state index is 12.8. The summed E-state index contributed by atoms with van der Waals surface area (Å²) in [6.07, 6.45) is 4.44. The molecule has 1 amide bonds. The van der Waals surface area contributed by atoms with Gasteiger partial charge in [0.15, 0.2) is 5.65 Å². The summed E-state index contributed by atoms with van der Waals surface area (Å²) in [5.74, 6) is -0.627. The normalized spacial score (nSPS) is 12.4. The van der Waals surface area contributed by atoms with Gasteiger partial charge in [-0.3, -0.25) is 4.79 Å². The number of sulfonamides is 1. The van der Waals surface area contributed by atoms with Crippen molar-refractivity contribution in [3.8, 4) is 11.1 Å². The smallest absolute Gasteiger partial charge is 0.254 e. The van der Waals surface area contributed by atoms with Crippen LogP contribution in [0.1, 0.15) is 31.1 Å². The van der Waals surface area contributed by atoms with Gasteiger partial charge in [-0.1, -0.05) is 18.2 Å². The minimum atomic E-state index is -3.74. The highest BCUT2D eigenvalue weighted by molar-refractivity contribution is 7.89. The number of carbonyl (C=O) groups is 1. The molecule has 0 aliphatic heterocycles. The molecule has 0 saturated carbocycles. The lowest BCUT2D eigenvalue weighted by Crippen LogP contribution is -2.40. The fourth-order valence-electron chi connectivity index (χ4n) is 2.59. The van der Waals surface area contributed by atoms with Gasteiger partial charge < -0.3 is 5.73 Å². The Bertz CT molecular complexity index is 1100. The Morgan fingerprint density at radius 3 is 2.54 bits per heavy atom. The quantitative estimate of drug-likeness (QED) is 0.719. The molecular formula is C17H19N5O3S. The molecule has 3 N–H and O–H groups in total. The van der Waals surface area contributed by atoms with Crippen LogP contribution in [0.15, 0.2) is 47.8 Å². The van der Waals surface area contributed by atoms with E-state index in [2.05, 4.69) is 14.8 Å². The number of amides is 1. The average molecular weight is 373 g/mol. The first-order valence-corrected chi connectivity index (χ1v) is 9.33. The molecule has 3 rings (SSSR count). The molecule has 0 spiro atoms. The predicted octanol–water partition coefficient (Wildman–Crippen LogP) is 1.57. The second-order valence-electron chi connectivity index (χ2n) is 6.88. The second-order valence-corrected chi connectivity index (χ2v) is 8.54. The highest BCUT2D eigenvalue weighted by Crippen LogP contribution is 2.28. The molecule has 2 aromatic heterocycles. The van der Waals surface area contributed by atoms with Crippen molar-refractivity contribution in [2.45, 2.75) is 31.2 Å². The van der Waals surface area contributed by atoms with Crippen LogP contribution < -0.4 is 10.5 Å². The van der Waals surface area contributed by atoms with Crippen LogP contribution in [0.4, 0.5) is 0 Å². The van der Waals surface area contributed by atoms with Gasteiger partial charge in [-0.15, -0.1) is 0 Å². The summed E-state index contributed by atoms with van der Waals surface area (Å²) in [5, 5.41) is 4.07. The van der Waals surface area contributed by atoms with E-state index in [1.54, 1.807) is 45.2 Å². The van der Waals surface area contributed by atoms with Gasteiger partial charge in [-0.2, -0.15) is 5.10 Å². The number of primary amides is 1. The molecule has 136 valence electrons. The summed E-state index contributed by atoms with van der Waals surface area (Å²) in [6, 6.07) is 6.63. The first-order valence-electron chi connectivity index (χ1n) is 7.85. The largest absolute Gasteiger partial charge is 0.365 e. The number of hydrogen-bond acceptors (Lipinski definition) is 5. The summed E-state index contributed by atoms with van der Waals surface area (Å²) in [4.78, 5) is 15.7. The van der Waals surface area contributed by atoms with Crippen molar-refractivity contribution in [2.24, 2.45) is 5.73 Å². The van der Waals surface area contributed by atoms with Gasteiger partial charge in [0.05, 0.1) is 11.1 Å². The Morgan fingerprint density at radius 2 is 1.88 bits per heavy atom. The van der Waals surface area contributed by atoms with Crippen LogP contribution in [-0.2, 0) is 10.0 Å². The first-order chi connectivity index (χ1) is 12.1. The Labute approximate surface area is 151 Å². The van der Waals surface area contributed by atoms with Gasteiger partial charge in [-0.05, 0) is 26.8 Å². The SMILES string of the molecule is CC(C)(C)NS(=O)(=O)c1ccccc1-c1cnc2c(C(N)=O)cnn2c1. The van der Waals surface area contributed by atoms with Crippen LogP contribution in [0, 0.1) is 0 Å². The van der Waals surface area contributed by atoms with E-state index in [1.807, 2.05) is 0 Å². The van der Waals surface area contributed by atoms with Crippen molar-refractivity contribution in [3.63, 3.8) is 0 Å². The number of nitrogens with two attached hydrogens (primary N) is 1. The molecule has 8 nitrogen and oxygen atoms in total. The predicted molar refractivity (Wildman–Crippen MR) is 97.0 cm³/mol. The Morgan fingerprint density at radius 1 is 1.19 bits per heavy atom. The monoisotopic (exact) mass is 373 g/mol. The van der Waals surface area contributed by atoms with E-state index in [0.717, 1.165) is 0 Å². The molecular weight excluding hydrogens is 354 g/mol. The molecule has 0 unspecified atom stereocenters. The molecule has 9 heteroatoms. The van der Waals surface area contributed by atoms with E-state index >= 15 is 0 Å². The highest BCUT2D eigenvalue weighted by Gasteiger charge is 2.25.